The molecule has 206 valence electrons. The maximum absolute atomic E-state index is 12.3. The molecule has 2 N–H and O–H groups in total. The molecule has 0 unspecified atom stereocenters. The highest BCUT2D eigenvalue weighted by atomic mass is 16.5. The number of carboxylic acid groups (broad SMARTS) is 1. The number of carboxylic acids is 1. The third-order valence-corrected chi connectivity index (χ3v) is 11.7. The van der Waals surface area contributed by atoms with Crippen molar-refractivity contribution >= 4 is 11.9 Å². The van der Waals surface area contributed by atoms with Crippen LogP contribution in [0.1, 0.15) is 100 Å². The summed E-state index contributed by atoms with van der Waals surface area (Å²) in [5.41, 5.74) is 2.68. The van der Waals surface area contributed by atoms with Gasteiger partial charge in [0.2, 0.25) is 0 Å². The van der Waals surface area contributed by atoms with Crippen molar-refractivity contribution in [3.8, 4) is 0 Å². The Balaban J connectivity index is 1.73. The van der Waals surface area contributed by atoms with Crippen LogP contribution >= 0.6 is 0 Å². The van der Waals surface area contributed by atoms with E-state index in [2.05, 4.69) is 53.7 Å². The zero-order chi connectivity index (χ0) is 27.6. The molecule has 0 radical (unpaired) electrons. The fraction of sp³-hybridized carbons (Fsp3) is 0.750. The van der Waals surface area contributed by atoms with Gasteiger partial charge in [0.1, 0.15) is 6.10 Å². The van der Waals surface area contributed by atoms with Crippen LogP contribution in [0.2, 0.25) is 0 Å². The van der Waals surface area contributed by atoms with Gasteiger partial charge in [-0.25, -0.2) is 4.79 Å². The van der Waals surface area contributed by atoms with Gasteiger partial charge in [0.25, 0.3) is 0 Å². The number of hydrogen-bond donors (Lipinski definition) is 2. The molecule has 8 atom stereocenters. The minimum atomic E-state index is -0.859. The molecule has 0 spiro atoms. The van der Waals surface area contributed by atoms with E-state index in [-0.39, 0.29) is 39.8 Å². The van der Waals surface area contributed by atoms with Crippen molar-refractivity contribution < 1.29 is 24.5 Å². The largest absolute Gasteiger partial charge is 0.478 e. The van der Waals surface area contributed by atoms with Crippen LogP contribution < -0.4 is 0 Å². The quantitative estimate of drug-likeness (QED) is 0.300. The molecular weight excluding hydrogens is 464 g/mol. The molecule has 4 aliphatic carbocycles. The van der Waals surface area contributed by atoms with Gasteiger partial charge in [-0.05, 0) is 97.0 Å². The van der Waals surface area contributed by atoms with Crippen molar-refractivity contribution in [3.63, 3.8) is 0 Å². The Labute approximate surface area is 223 Å². The number of ether oxygens (including phenoxy) is 1. The third kappa shape index (κ3) is 4.15. The summed E-state index contributed by atoms with van der Waals surface area (Å²) in [6.45, 7) is 17.1. The van der Waals surface area contributed by atoms with Crippen LogP contribution in [0.15, 0.2) is 34.9 Å². The third-order valence-electron chi connectivity index (χ3n) is 11.7. The first-order valence-electron chi connectivity index (χ1n) is 14.3. The highest BCUT2D eigenvalue weighted by Crippen LogP contribution is 2.72. The number of hydrogen-bond acceptors (Lipinski definition) is 4. The summed E-state index contributed by atoms with van der Waals surface area (Å²) in [5, 5.41) is 20.1. The van der Waals surface area contributed by atoms with E-state index in [1.807, 2.05) is 6.08 Å². The molecule has 0 bridgehead atoms. The molecular formula is C32H48O5. The monoisotopic (exact) mass is 512 g/mol. The van der Waals surface area contributed by atoms with E-state index in [1.165, 1.54) is 18.1 Å². The zero-order valence-electron chi connectivity index (χ0n) is 24.2. The Hall–Kier alpha value is -1.88. The second-order valence-corrected chi connectivity index (χ2v) is 13.8. The lowest BCUT2D eigenvalue weighted by molar-refractivity contribution is -0.152. The first-order chi connectivity index (χ1) is 17.1. The van der Waals surface area contributed by atoms with Crippen molar-refractivity contribution in [1.82, 2.24) is 0 Å². The van der Waals surface area contributed by atoms with Crippen LogP contribution in [0.3, 0.4) is 0 Å². The van der Waals surface area contributed by atoms with Crippen LogP contribution in [0.4, 0.5) is 0 Å². The fourth-order valence-electron chi connectivity index (χ4n) is 9.13. The molecule has 0 heterocycles. The lowest BCUT2D eigenvalue weighted by Gasteiger charge is -2.61. The highest BCUT2D eigenvalue weighted by molar-refractivity contribution is 5.85. The molecule has 0 aromatic rings. The minimum absolute atomic E-state index is 0.000777. The molecule has 4 rings (SSSR count). The Morgan fingerprint density at radius 3 is 2.43 bits per heavy atom. The molecule has 5 nitrogen and oxygen atoms in total. The van der Waals surface area contributed by atoms with Crippen LogP contribution in [-0.4, -0.2) is 34.4 Å². The van der Waals surface area contributed by atoms with E-state index >= 15 is 0 Å². The fourth-order valence-corrected chi connectivity index (χ4v) is 9.13. The maximum atomic E-state index is 12.3. The van der Waals surface area contributed by atoms with Crippen LogP contribution in [0.5, 0.6) is 0 Å². The number of allylic oxidation sites excluding steroid dienone is 4. The predicted octanol–water partition coefficient (Wildman–Crippen LogP) is 6.86. The second kappa shape index (κ2) is 9.39. The Kier molecular flexibility index (Phi) is 7.14. The van der Waals surface area contributed by atoms with E-state index < -0.39 is 5.97 Å². The lowest BCUT2D eigenvalue weighted by atomic mass is 9.44. The molecule has 5 heteroatoms. The smallest absolute Gasteiger partial charge is 0.330 e. The van der Waals surface area contributed by atoms with Gasteiger partial charge in [0.05, 0.1) is 6.10 Å². The zero-order valence-corrected chi connectivity index (χ0v) is 24.2. The first kappa shape index (κ1) is 28.1. The first-order valence-corrected chi connectivity index (χ1v) is 14.3. The molecule has 0 aliphatic heterocycles. The minimum Gasteiger partial charge on any atom is -0.478 e. The number of aliphatic hydroxyl groups is 1. The van der Waals surface area contributed by atoms with Gasteiger partial charge < -0.3 is 14.9 Å². The van der Waals surface area contributed by atoms with Gasteiger partial charge in [-0.1, -0.05) is 59.8 Å². The maximum Gasteiger partial charge on any atom is 0.330 e. The van der Waals surface area contributed by atoms with E-state index in [9.17, 15) is 19.8 Å². The number of rotatable bonds is 6. The Morgan fingerprint density at radius 2 is 1.81 bits per heavy atom. The normalized spacial score (nSPS) is 41.5. The molecule has 4 aliphatic rings. The molecule has 0 aromatic heterocycles. The second-order valence-electron chi connectivity index (χ2n) is 13.8. The van der Waals surface area contributed by atoms with Crippen LogP contribution in [0.25, 0.3) is 0 Å². The standard InChI is InChI=1S/C32H48O5/c1-19(10-9-11-20(2)28(35)36)24-18-27(37-21(3)33)32(8)23-12-13-25-29(4,5)26(34)15-16-30(25,6)22(23)14-17-31(24,32)7/h11-12,14,19,24-27,34H,9-10,13,15-18H2,1-8H3,(H,35,36)/b20-11+/t19-,24-,25+,26-,27+,30-,31-,32-/m1/s1. The summed E-state index contributed by atoms with van der Waals surface area (Å²) in [6.07, 6.45) is 12.4. The van der Waals surface area contributed by atoms with Crippen molar-refractivity contribution in [2.24, 2.45) is 39.4 Å². The molecule has 0 aromatic carbocycles. The van der Waals surface area contributed by atoms with Gasteiger partial charge in [-0.2, -0.15) is 0 Å². The van der Waals surface area contributed by atoms with E-state index in [1.54, 1.807) is 6.92 Å². The SMILES string of the molecule is CC(=O)O[C@H]1C[C@H]([C@H](C)CC/C=C(\C)C(=O)O)[C@@]2(C)CC=C3C(=CC[C@H]4C(C)(C)[C@H](O)CC[C@]34C)[C@]12C. The summed E-state index contributed by atoms with van der Waals surface area (Å²) < 4.78 is 6.14. The molecule has 2 saturated carbocycles. The summed E-state index contributed by atoms with van der Waals surface area (Å²) in [6, 6.07) is 0. The lowest BCUT2D eigenvalue weighted by Crippen LogP contribution is -2.56. The van der Waals surface area contributed by atoms with Gasteiger partial charge in [0.15, 0.2) is 0 Å². The number of aliphatic carboxylic acids is 1. The molecule has 2 fully saturated rings. The van der Waals surface area contributed by atoms with Gasteiger partial charge in [-0.15, -0.1) is 0 Å². The van der Waals surface area contributed by atoms with Crippen molar-refractivity contribution in [3.05, 3.63) is 34.9 Å². The van der Waals surface area contributed by atoms with Crippen LogP contribution in [-0.2, 0) is 14.3 Å². The summed E-state index contributed by atoms with van der Waals surface area (Å²) in [5.74, 6) is 0.0188. The summed E-state index contributed by atoms with van der Waals surface area (Å²) in [4.78, 5) is 23.6. The van der Waals surface area contributed by atoms with Crippen molar-refractivity contribution in [2.45, 2.75) is 113 Å². The van der Waals surface area contributed by atoms with E-state index in [4.69, 9.17) is 4.74 Å². The average Bonchev–Trinajstić information content (AvgIpc) is 3.03. The number of carbonyl (C=O) groups is 2. The molecule has 0 saturated heterocycles. The average molecular weight is 513 g/mol. The van der Waals surface area contributed by atoms with Gasteiger partial charge in [-0.3, -0.25) is 4.79 Å². The highest BCUT2D eigenvalue weighted by Gasteiger charge is 2.67. The predicted molar refractivity (Wildman–Crippen MR) is 146 cm³/mol. The molecule has 0 amide bonds. The van der Waals surface area contributed by atoms with E-state index in [0.717, 1.165) is 44.9 Å². The number of fused-ring (bicyclic) bond motifs is 5. The summed E-state index contributed by atoms with van der Waals surface area (Å²) >= 11 is 0. The number of carbonyl (C=O) groups excluding carboxylic acids is 1. The topological polar surface area (TPSA) is 83.8 Å². The van der Waals surface area contributed by atoms with Gasteiger partial charge in [0, 0.05) is 17.9 Å². The van der Waals surface area contributed by atoms with Gasteiger partial charge >= 0.3 is 11.9 Å². The number of aliphatic hydroxyl groups excluding tert-OH is 1. The molecule has 37 heavy (non-hydrogen) atoms. The summed E-state index contributed by atoms with van der Waals surface area (Å²) in [7, 11) is 0. The van der Waals surface area contributed by atoms with E-state index in [0.29, 0.717) is 23.3 Å². The Morgan fingerprint density at radius 1 is 1.14 bits per heavy atom. The number of esters is 1. The van der Waals surface area contributed by atoms with Crippen LogP contribution in [0, 0.1) is 39.4 Å². The van der Waals surface area contributed by atoms with Crippen molar-refractivity contribution in [2.75, 3.05) is 0 Å². The van der Waals surface area contributed by atoms with Crippen molar-refractivity contribution in [1.29, 1.82) is 0 Å². The Bertz CT molecular complexity index is 1050.